The van der Waals surface area contributed by atoms with Gasteiger partial charge in [-0.3, -0.25) is 0 Å². The Kier molecular flexibility index (Phi) is 2.56. The Balaban J connectivity index is 2.31. The molecule has 0 aliphatic heterocycles. The number of ether oxygens (including phenoxy) is 1. The highest BCUT2D eigenvalue weighted by Crippen LogP contribution is 2.18. The third kappa shape index (κ3) is 1.66. The van der Waals surface area contributed by atoms with Gasteiger partial charge in [-0.1, -0.05) is 0 Å². The Morgan fingerprint density at radius 3 is 2.85 bits per heavy atom. The van der Waals surface area contributed by atoms with Crippen molar-refractivity contribution in [3.63, 3.8) is 0 Å². The molecule has 102 valence electrons. The standard InChI is InChI=1S/C10H10N8O2/c1-2-20-9(19)4-3-13-18-7(4)17-16-5-6(11)14-10(12)15-8(5)18/h3H,2H2,1H3,(H4,11,12,14,15). The second kappa shape index (κ2) is 4.26. The first-order chi connectivity index (χ1) is 9.61. The van der Waals surface area contributed by atoms with Crippen molar-refractivity contribution in [3.8, 4) is 0 Å². The van der Waals surface area contributed by atoms with Gasteiger partial charge in [0.25, 0.3) is 0 Å². The fraction of sp³-hybridized carbons (Fsp3) is 0.200. The maximum Gasteiger partial charge on any atom is 0.343 e. The van der Waals surface area contributed by atoms with E-state index < -0.39 is 5.97 Å². The maximum absolute atomic E-state index is 11.8. The highest BCUT2D eigenvalue weighted by atomic mass is 16.5. The first kappa shape index (κ1) is 12.0. The summed E-state index contributed by atoms with van der Waals surface area (Å²) in [5.41, 5.74) is 12.2. The lowest BCUT2D eigenvalue weighted by Crippen LogP contribution is -2.08. The van der Waals surface area contributed by atoms with Crippen molar-refractivity contribution in [2.75, 3.05) is 18.1 Å². The van der Waals surface area contributed by atoms with Gasteiger partial charge in [0.1, 0.15) is 5.56 Å². The van der Waals surface area contributed by atoms with Crippen LogP contribution in [0.1, 0.15) is 17.3 Å². The average Bonchev–Trinajstić information content (AvgIpc) is 2.83. The van der Waals surface area contributed by atoms with Crippen LogP contribution in [0.25, 0.3) is 16.8 Å². The molecule has 3 heterocycles. The summed E-state index contributed by atoms with van der Waals surface area (Å²) in [4.78, 5) is 19.6. The van der Waals surface area contributed by atoms with E-state index in [0.29, 0.717) is 0 Å². The summed E-state index contributed by atoms with van der Waals surface area (Å²) >= 11 is 0. The average molecular weight is 274 g/mol. The summed E-state index contributed by atoms with van der Waals surface area (Å²) in [6.45, 7) is 1.96. The minimum atomic E-state index is -0.536. The minimum absolute atomic E-state index is 0.0162. The summed E-state index contributed by atoms with van der Waals surface area (Å²) in [5, 5.41) is 11.9. The van der Waals surface area contributed by atoms with Crippen molar-refractivity contribution >= 4 is 34.5 Å². The lowest BCUT2D eigenvalue weighted by Gasteiger charge is -2.03. The van der Waals surface area contributed by atoms with Gasteiger partial charge in [-0.05, 0) is 6.92 Å². The van der Waals surface area contributed by atoms with Gasteiger partial charge in [-0.25, -0.2) is 4.79 Å². The Labute approximate surface area is 111 Å². The number of nitrogens with two attached hydrogens (primary N) is 2. The molecule has 0 bridgehead atoms. The van der Waals surface area contributed by atoms with E-state index in [1.807, 2.05) is 0 Å². The van der Waals surface area contributed by atoms with E-state index in [9.17, 15) is 4.79 Å². The van der Waals surface area contributed by atoms with Gasteiger partial charge in [0.05, 0.1) is 12.8 Å². The second-order valence-electron chi connectivity index (χ2n) is 3.85. The molecule has 0 aliphatic carbocycles. The van der Waals surface area contributed by atoms with Crippen molar-refractivity contribution in [1.29, 1.82) is 0 Å². The molecular weight excluding hydrogens is 264 g/mol. The summed E-state index contributed by atoms with van der Waals surface area (Å²) in [6.07, 6.45) is 1.33. The molecule has 0 spiro atoms. The minimum Gasteiger partial charge on any atom is -0.462 e. The number of esters is 1. The molecular formula is C10H10N8O2. The molecule has 3 rings (SSSR count). The third-order valence-corrected chi connectivity index (χ3v) is 2.59. The number of rotatable bonds is 2. The van der Waals surface area contributed by atoms with Gasteiger partial charge in [0.2, 0.25) is 5.95 Å². The molecule has 0 aromatic carbocycles. The summed E-state index contributed by atoms with van der Waals surface area (Å²) in [6, 6.07) is 0. The van der Waals surface area contributed by atoms with Crippen LogP contribution in [0.5, 0.6) is 0 Å². The molecule has 0 atom stereocenters. The SMILES string of the molecule is CCOC(=O)c1cnn2c1nnc1c(N)nc(N)nc12. The Hall–Kier alpha value is -3.04. The first-order valence-corrected chi connectivity index (χ1v) is 5.72. The van der Waals surface area contributed by atoms with Gasteiger partial charge < -0.3 is 16.2 Å². The zero-order valence-corrected chi connectivity index (χ0v) is 10.4. The van der Waals surface area contributed by atoms with Crippen LogP contribution >= 0.6 is 0 Å². The number of carbonyl (C=O) groups is 1. The van der Waals surface area contributed by atoms with Gasteiger partial charge in [-0.2, -0.15) is 19.6 Å². The fourth-order valence-electron chi connectivity index (χ4n) is 1.76. The molecule has 4 N–H and O–H groups in total. The topological polar surface area (TPSA) is 147 Å². The van der Waals surface area contributed by atoms with E-state index in [0.717, 1.165) is 0 Å². The number of hydrogen-bond acceptors (Lipinski definition) is 9. The number of fused-ring (bicyclic) bond motifs is 3. The van der Waals surface area contributed by atoms with Crippen LogP contribution in [0.15, 0.2) is 6.20 Å². The first-order valence-electron chi connectivity index (χ1n) is 5.72. The van der Waals surface area contributed by atoms with Crippen molar-refractivity contribution in [1.82, 2.24) is 29.8 Å². The van der Waals surface area contributed by atoms with Crippen molar-refractivity contribution < 1.29 is 9.53 Å². The predicted molar refractivity (Wildman–Crippen MR) is 68.7 cm³/mol. The highest BCUT2D eigenvalue weighted by molar-refractivity contribution is 5.96. The highest BCUT2D eigenvalue weighted by Gasteiger charge is 2.19. The van der Waals surface area contributed by atoms with Crippen LogP contribution in [0, 0.1) is 0 Å². The summed E-state index contributed by atoms with van der Waals surface area (Å²) in [5.74, 6) is -0.460. The zero-order chi connectivity index (χ0) is 14.3. The van der Waals surface area contributed by atoms with Crippen LogP contribution in [0.2, 0.25) is 0 Å². The largest absolute Gasteiger partial charge is 0.462 e. The molecule has 3 aromatic rings. The molecule has 10 nitrogen and oxygen atoms in total. The smallest absolute Gasteiger partial charge is 0.343 e. The van der Waals surface area contributed by atoms with Crippen LogP contribution in [0.4, 0.5) is 11.8 Å². The second-order valence-corrected chi connectivity index (χ2v) is 3.85. The van der Waals surface area contributed by atoms with E-state index in [-0.39, 0.29) is 40.7 Å². The number of anilines is 2. The number of nitrogens with zero attached hydrogens (tertiary/aromatic N) is 6. The van der Waals surface area contributed by atoms with Crippen LogP contribution in [-0.2, 0) is 4.74 Å². The van der Waals surface area contributed by atoms with Crippen LogP contribution in [-0.4, -0.2) is 42.4 Å². The van der Waals surface area contributed by atoms with E-state index in [2.05, 4.69) is 25.3 Å². The molecule has 0 radical (unpaired) electrons. The zero-order valence-electron chi connectivity index (χ0n) is 10.4. The van der Waals surface area contributed by atoms with E-state index >= 15 is 0 Å². The van der Waals surface area contributed by atoms with Crippen LogP contribution in [0.3, 0.4) is 0 Å². The quantitative estimate of drug-likeness (QED) is 0.585. The molecule has 3 aromatic heterocycles. The fourth-order valence-corrected chi connectivity index (χ4v) is 1.76. The van der Waals surface area contributed by atoms with Gasteiger partial charge in [0.15, 0.2) is 22.6 Å². The number of aromatic nitrogens is 6. The molecule has 10 heteroatoms. The third-order valence-electron chi connectivity index (χ3n) is 2.59. The number of hydrogen-bond donors (Lipinski definition) is 2. The molecule has 20 heavy (non-hydrogen) atoms. The van der Waals surface area contributed by atoms with Gasteiger partial charge in [0, 0.05) is 0 Å². The monoisotopic (exact) mass is 274 g/mol. The van der Waals surface area contributed by atoms with E-state index in [1.54, 1.807) is 6.92 Å². The lowest BCUT2D eigenvalue weighted by molar-refractivity contribution is 0.0528. The van der Waals surface area contributed by atoms with Crippen molar-refractivity contribution in [2.45, 2.75) is 6.92 Å². The van der Waals surface area contributed by atoms with Crippen molar-refractivity contribution in [2.24, 2.45) is 0 Å². The number of carbonyl (C=O) groups excluding carboxylic acids is 1. The predicted octanol–water partition coefficient (Wildman–Crippen LogP) is -0.591. The molecule has 0 aliphatic rings. The summed E-state index contributed by atoms with van der Waals surface area (Å²) < 4.78 is 6.23. The van der Waals surface area contributed by atoms with E-state index in [4.69, 9.17) is 16.2 Å². The molecule has 0 fully saturated rings. The van der Waals surface area contributed by atoms with Crippen molar-refractivity contribution in [3.05, 3.63) is 11.8 Å². The summed E-state index contributed by atoms with van der Waals surface area (Å²) in [7, 11) is 0. The maximum atomic E-state index is 11.8. The molecule has 0 saturated carbocycles. The van der Waals surface area contributed by atoms with Gasteiger partial charge >= 0.3 is 5.97 Å². The lowest BCUT2D eigenvalue weighted by atomic mass is 10.3. The Morgan fingerprint density at radius 2 is 2.10 bits per heavy atom. The van der Waals surface area contributed by atoms with Crippen LogP contribution < -0.4 is 11.5 Å². The Morgan fingerprint density at radius 1 is 1.30 bits per heavy atom. The molecule has 0 saturated heterocycles. The van der Waals surface area contributed by atoms with Gasteiger partial charge in [-0.15, -0.1) is 10.2 Å². The molecule has 0 unspecified atom stereocenters. The number of nitrogen functional groups attached to an aromatic ring is 2. The molecule has 0 amide bonds. The van der Waals surface area contributed by atoms with E-state index in [1.165, 1.54) is 10.7 Å². The normalized spacial score (nSPS) is 11.1. The Bertz CT molecular complexity index is 827.